The smallest absolute Gasteiger partial charge is 0.333 e. The molecule has 17 heavy (non-hydrogen) atoms. The van der Waals surface area contributed by atoms with Crippen molar-refractivity contribution in [3.63, 3.8) is 0 Å². The minimum atomic E-state index is -0.217. The Labute approximate surface area is 101 Å². The van der Waals surface area contributed by atoms with Crippen molar-refractivity contribution in [1.82, 2.24) is 0 Å². The van der Waals surface area contributed by atoms with Crippen molar-refractivity contribution in [2.45, 2.75) is 44.5 Å². The molecule has 2 bridgehead atoms. The van der Waals surface area contributed by atoms with Crippen LogP contribution in [-0.4, -0.2) is 24.3 Å². The van der Waals surface area contributed by atoms with Gasteiger partial charge in [0.1, 0.15) is 6.10 Å². The van der Waals surface area contributed by atoms with Crippen molar-refractivity contribution in [3.8, 4) is 0 Å². The van der Waals surface area contributed by atoms with E-state index >= 15 is 0 Å². The molecule has 0 aromatic carbocycles. The molecule has 4 rings (SSSR count). The molecule has 1 heterocycles. The Balaban J connectivity index is 1.50. The molecule has 3 saturated carbocycles. The van der Waals surface area contributed by atoms with Gasteiger partial charge in [0.25, 0.3) is 0 Å². The van der Waals surface area contributed by atoms with Gasteiger partial charge in [0.15, 0.2) is 0 Å². The fourth-order valence-electron chi connectivity index (χ4n) is 4.62. The lowest BCUT2D eigenvalue weighted by Gasteiger charge is -2.32. The van der Waals surface area contributed by atoms with E-state index in [-0.39, 0.29) is 12.1 Å². The van der Waals surface area contributed by atoms with Gasteiger partial charge < -0.3 is 9.47 Å². The van der Waals surface area contributed by atoms with Crippen LogP contribution in [0.5, 0.6) is 0 Å². The number of rotatable bonds is 2. The number of ether oxygens (including phenoxy) is 2. The summed E-state index contributed by atoms with van der Waals surface area (Å²) in [7, 11) is 0. The number of fused-ring (bicyclic) bond motifs is 7. The normalized spacial score (nSPS) is 53.1. The fourth-order valence-corrected chi connectivity index (χ4v) is 4.62. The Morgan fingerprint density at radius 1 is 1.29 bits per heavy atom. The van der Waals surface area contributed by atoms with E-state index in [9.17, 15) is 4.79 Å². The van der Waals surface area contributed by atoms with E-state index in [1.54, 1.807) is 6.92 Å². The van der Waals surface area contributed by atoms with Gasteiger partial charge in [-0.05, 0) is 43.9 Å². The van der Waals surface area contributed by atoms with E-state index in [1.165, 1.54) is 12.8 Å². The van der Waals surface area contributed by atoms with Crippen LogP contribution in [0, 0.1) is 23.7 Å². The Morgan fingerprint density at radius 2 is 2.12 bits per heavy atom. The van der Waals surface area contributed by atoms with Crippen molar-refractivity contribution in [3.05, 3.63) is 12.2 Å². The second kappa shape index (κ2) is 3.14. The molecule has 0 spiro atoms. The van der Waals surface area contributed by atoms with Crippen molar-refractivity contribution < 1.29 is 14.3 Å². The van der Waals surface area contributed by atoms with Gasteiger partial charge in [-0.15, -0.1) is 0 Å². The van der Waals surface area contributed by atoms with E-state index in [2.05, 4.69) is 6.58 Å². The number of carbonyl (C=O) groups excluding carboxylic acids is 1. The first-order valence-electron chi connectivity index (χ1n) is 6.67. The van der Waals surface area contributed by atoms with Gasteiger partial charge in [-0.25, -0.2) is 4.79 Å². The number of hydrogen-bond donors (Lipinski definition) is 0. The second-order valence-electron chi connectivity index (χ2n) is 6.24. The summed E-state index contributed by atoms with van der Waals surface area (Å²) in [5.74, 6) is 2.67. The molecule has 0 aromatic heterocycles. The summed E-state index contributed by atoms with van der Waals surface area (Å²) in [6, 6.07) is 0. The van der Waals surface area contributed by atoms with E-state index < -0.39 is 0 Å². The molecule has 4 fully saturated rings. The number of carbonyl (C=O) groups is 1. The van der Waals surface area contributed by atoms with Crippen LogP contribution in [0.15, 0.2) is 12.2 Å². The zero-order valence-corrected chi connectivity index (χ0v) is 10.1. The van der Waals surface area contributed by atoms with E-state index in [0.717, 1.165) is 18.3 Å². The summed E-state index contributed by atoms with van der Waals surface area (Å²) >= 11 is 0. The summed E-state index contributed by atoms with van der Waals surface area (Å²) < 4.78 is 11.2. The zero-order valence-electron chi connectivity index (χ0n) is 10.1. The highest BCUT2D eigenvalue weighted by atomic mass is 16.6. The topological polar surface area (TPSA) is 38.8 Å². The number of hydrogen-bond acceptors (Lipinski definition) is 3. The average molecular weight is 234 g/mol. The third kappa shape index (κ3) is 1.29. The van der Waals surface area contributed by atoms with Crippen LogP contribution in [0.2, 0.25) is 0 Å². The quantitative estimate of drug-likeness (QED) is 0.416. The molecule has 3 nitrogen and oxygen atoms in total. The Hall–Kier alpha value is -0.830. The molecule has 7 atom stereocenters. The second-order valence-corrected chi connectivity index (χ2v) is 6.24. The predicted molar refractivity (Wildman–Crippen MR) is 61.2 cm³/mol. The van der Waals surface area contributed by atoms with Gasteiger partial charge in [-0.2, -0.15) is 0 Å². The van der Waals surface area contributed by atoms with Crippen molar-refractivity contribution in [2.24, 2.45) is 23.7 Å². The van der Waals surface area contributed by atoms with Crippen molar-refractivity contribution in [2.75, 3.05) is 0 Å². The highest BCUT2D eigenvalue weighted by Gasteiger charge is 2.67. The summed E-state index contributed by atoms with van der Waals surface area (Å²) in [6.45, 7) is 5.37. The van der Waals surface area contributed by atoms with Gasteiger partial charge in [0.05, 0.1) is 12.2 Å². The van der Waals surface area contributed by atoms with Crippen LogP contribution in [0.1, 0.15) is 26.2 Å². The molecule has 4 aliphatic rings. The van der Waals surface area contributed by atoms with Crippen LogP contribution < -0.4 is 0 Å². The minimum Gasteiger partial charge on any atom is -0.459 e. The van der Waals surface area contributed by atoms with Crippen LogP contribution >= 0.6 is 0 Å². The van der Waals surface area contributed by atoms with Crippen LogP contribution in [0.3, 0.4) is 0 Å². The first-order chi connectivity index (χ1) is 8.15. The summed E-state index contributed by atoms with van der Waals surface area (Å²) in [4.78, 5) is 11.6. The highest BCUT2D eigenvalue weighted by molar-refractivity contribution is 5.87. The highest BCUT2D eigenvalue weighted by Crippen LogP contribution is 2.64. The summed E-state index contributed by atoms with van der Waals surface area (Å²) in [5.41, 5.74) is 0.510. The molecule has 0 radical (unpaired) electrons. The van der Waals surface area contributed by atoms with Gasteiger partial charge in [-0.1, -0.05) is 6.58 Å². The zero-order chi connectivity index (χ0) is 11.7. The average Bonchev–Trinajstić information content (AvgIpc) is 2.69. The van der Waals surface area contributed by atoms with E-state index in [1.807, 2.05) is 0 Å². The molecule has 0 amide bonds. The Kier molecular flexibility index (Phi) is 1.87. The van der Waals surface area contributed by atoms with Gasteiger partial charge in [0.2, 0.25) is 0 Å². The van der Waals surface area contributed by atoms with E-state index in [0.29, 0.717) is 29.6 Å². The summed E-state index contributed by atoms with van der Waals surface area (Å²) in [5, 5.41) is 0. The lowest BCUT2D eigenvalue weighted by molar-refractivity contribution is -0.148. The molecule has 3 heteroatoms. The van der Waals surface area contributed by atoms with Crippen molar-refractivity contribution in [1.29, 1.82) is 0 Å². The molecular formula is C14H18O3. The lowest BCUT2D eigenvalue weighted by atomic mass is 9.79. The first-order valence-corrected chi connectivity index (χ1v) is 6.67. The molecule has 92 valence electrons. The molecule has 1 aliphatic heterocycles. The Bertz CT molecular complexity index is 402. The van der Waals surface area contributed by atoms with E-state index in [4.69, 9.17) is 9.47 Å². The van der Waals surface area contributed by atoms with Crippen molar-refractivity contribution >= 4 is 5.97 Å². The number of epoxide rings is 1. The third-order valence-electron chi connectivity index (χ3n) is 5.29. The fraction of sp³-hybridized carbons (Fsp3) is 0.786. The number of esters is 1. The molecular weight excluding hydrogens is 216 g/mol. The van der Waals surface area contributed by atoms with Gasteiger partial charge >= 0.3 is 5.97 Å². The van der Waals surface area contributed by atoms with Crippen LogP contribution in [0.25, 0.3) is 0 Å². The van der Waals surface area contributed by atoms with Gasteiger partial charge in [-0.3, -0.25) is 0 Å². The van der Waals surface area contributed by atoms with Gasteiger partial charge in [0, 0.05) is 11.5 Å². The maximum absolute atomic E-state index is 11.6. The first kappa shape index (κ1) is 10.1. The molecule has 3 aliphatic carbocycles. The molecule has 0 aromatic rings. The monoisotopic (exact) mass is 234 g/mol. The third-order valence-corrected chi connectivity index (χ3v) is 5.29. The largest absolute Gasteiger partial charge is 0.459 e. The van der Waals surface area contributed by atoms with Crippen LogP contribution in [-0.2, 0) is 14.3 Å². The van der Waals surface area contributed by atoms with Crippen LogP contribution in [0.4, 0.5) is 0 Å². The molecule has 0 N–H and O–H groups in total. The minimum absolute atomic E-state index is 0.133. The maximum atomic E-state index is 11.6. The summed E-state index contributed by atoms with van der Waals surface area (Å²) in [6.07, 6.45) is 4.76. The SMILES string of the molecule is C=C(C)C(=O)OC1CC2CC1C1C2CC2O[C@H]21. The standard InChI is InChI=1S/C14H18O3/c1-6(2)14(15)17-10-4-7-3-9(10)12-8(7)5-11-13(12)16-11/h7-13H,1,3-5H2,2H3/t7?,8?,9?,10?,11?,12?,13-/m1/s1. The predicted octanol–water partition coefficient (Wildman–Crippen LogP) is 1.92. The molecule has 1 saturated heterocycles. The maximum Gasteiger partial charge on any atom is 0.333 e. The Morgan fingerprint density at radius 3 is 2.88 bits per heavy atom. The lowest BCUT2D eigenvalue weighted by Crippen LogP contribution is -2.35. The molecule has 6 unspecified atom stereocenters.